The van der Waals surface area contributed by atoms with Crippen LogP contribution < -0.4 is 5.32 Å². The highest BCUT2D eigenvalue weighted by Crippen LogP contribution is 2.30. The van der Waals surface area contributed by atoms with E-state index in [9.17, 15) is 9.59 Å². The van der Waals surface area contributed by atoms with E-state index >= 15 is 0 Å². The van der Waals surface area contributed by atoms with Gasteiger partial charge in [-0.25, -0.2) is 4.98 Å². The lowest BCUT2D eigenvalue weighted by Gasteiger charge is -2.17. The molecule has 2 heterocycles. The summed E-state index contributed by atoms with van der Waals surface area (Å²) >= 11 is 6.35. The van der Waals surface area contributed by atoms with Gasteiger partial charge in [0, 0.05) is 28.2 Å². The summed E-state index contributed by atoms with van der Waals surface area (Å²) in [5.41, 5.74) is 3.38. The van der Waals surface area contributed by atoms with Crippen molar-refractivity contribution in [2.45, 2.75) is 13.8 Å². The number of anilines is 1. The van der Waals surface area contributed by atoms with Crippen molar-refractivity contribution >= 4 is 56.1 Å². The number of aryl methyl sites for hydroxylation is 2. The van der Waals surface area contributed by atoms with Crippen molar-refractivity contribution in [3.63, 3.8) is 0 Å². The number of likely N-dealkylation sites (N-methyl/N-ethyl adjacent to an activating group) is 1. The van der Waals surface area contributed by atoms with Gasteiger partial charge in [0.2, 0.25) is 5.91 Å². The number of benzene rings is 1. The fraction of sp³-hybridized carbons (Fsp3) is 0.211. The van der Waals surface area contributed by atoms with Crippen LogP contribution in [0.15, 0.2) is 39.5 Å². The quantitative estimate of drug-likeness (QED) is 0.581. The van der Waals surface area contributed by atoms with Gasteiger partial charge in [-0.15, -0.1) is 11.3 Å². The average Bonchev–Trinajstić information content (AvgIpc) is 3.26. The van der Waals surface area contributed by atoms with E-state index in [1.54, 1.807) is 18.4 Å². The Bertz CT molecular complexity index is 983. The molecule has 1 aromatic carbocycles. The van der Waals surface area contributed by atoms with Gasteiger partial charge in [0.25, 0.3) is 5.91 Å². The Kier molecular flexibility index (Phi) is 6.08. The Morgan fingerprint density at radius 1 is 1.26 bits per heavy atom. The molecule has 0 radical (unpaired) electrons. The van der Waals surface area contributed by atoms with Crippen molar-refractivity contribution in [1.82, 2.24) is 9.88 Å². The van der Waals surface area contributed by atoms with Gasteiger partial charge in [-0.3, -0.25) is 9.59 Å². The van der Waals surface area contributed by atoms with Crippen LogP contribution in [-0.4, -0.2) is 35.3 Å². The molecule has 1 N–H and O–H groups in total. The van der Waals surface area contributed by atoms with Gasteiger partial charge in [-0.1, -0.05) is 15.9 Å². The number of nitrogens with one attached hydrogen (secondary N) is 1. The maximum Gasteiger partial charge on any atom is 0.266 e. The van der Waals surface area contributed by atoms with Crippen LogP contribution in [0.3, 0.4) is 0 Å². The molecular weight excluding hydrogens is 446 g/mol. The number of rotatable bonds is 5. The number of amides is 2. The summed E-state index contributed by atoms with van der Waals surface area (Å²) in [6, 6.07) is 7.61. The van der Waals surface area contributed by atoms with Gasteiger partial charge >= 0.3 is 0 Å². The molecule has 3 aromatic rings. The van der Waals surface area contributed by atoms with Gasteiger partial charge in [0.15, 0.2) is 0 Å². The predicted molar refractivity (Wildman–Crippen MR) is 115 cm³/mol. The van der Waals surface area contributed by atoms with Crippen LogP contribution >= 0.6 is 38.6 Å². The molecule has 0 atom stereocenters. The van der Waals surface area contributed by atoms with E-state index in [1.165, 1.54) is 16.2 Å². The van der Waals surface area contributed by atoms with E-state index in [1.807, 2.05) is 48.9 Å². The summed E-state index contributed by atoms with van der Waals surface area (Å²) in [6.07, 6.45) is 0. The largest absolute Gasteiger partial charge is 0.332 e. The molecule has 8 heteroatoms. The van der Waals surface area contributed by atoms with Crippen LogP contribution in [0.1, 0.15) is 20.9 Å². The molecule has 0 fully saturated rings. The SMILES string of the molecule is Cc1cc(Br)ccc1NC(=O)CN(C)C(=O)c1sc(-c2ccsc2)nc1C. The normalized spacial score (nSPS) is 10.7. The fourth-order valence-electron chi connectivity index (χ4n) is 2.52. The Balaban J connectivity index is 1.68. The first-order chi connectivity index (χ1) is 12.8. The minimum Gasteiger partial charge on any atom is -0.332 e. The minimum absolute atomic E-state index is 0.0283. The predicted octanol–water partition coefficient (Wildman–Crippen LogP) is 4.96. The third kappa shape index (κ3) is 4.63. The first-order valence-electron chi connectivity index (χ1n) is 8.16. The van der Waals surface area contributed by atoms with Crippen molar-refractivity contribution in [1.29, 1.82) is 0 Å². The number of carbonyl (C=O) groups excluding carboxylic acids is 2. The number of hydrogen-bond acceptors (Lipinski definition) is 5. The molecule has 0 aliphatic carbocycles. The Morgan fingerprint density at radius 3 is 2.70 bits per heavy atom. The second-order valence-electron chi connectivity index (χ2n) is 6.11. The highest BCUT2D eigenvalue weighted by molar-refractivity contribution is 9.10. The molecule has 2 aromatic heterocycles. The number of carbonyl (C=O) groups is 2. The summed E-state index contributed by atoms with van der Waals surface area (Å²) in [4.78, 5) is 31.6. The highest BCUT2D eigenvalue weighted by Gasteiger charge is 2.21. The zero-order chi connectivity index (χ0) is 19.6. The molecule has 27 heavy (non-hydrogen) atoms. The number of aromatic nitrogens is 1. The molecule has 0 unspecified atom stereocenters. The Hall–Kier alpha value is -2.03. The number of halogens is 1. The molecule has 2 amide bonds. The first-order valence-corrected chi connectivity index (χ1v) is 10.7. The number of thiazole rings is 1. The fourth-order valence-corrected chi connectivity index (χ4v) is 4.77. The van der Waals surface area contributed by atoms with E-state index in [4.69, 9.17) is 0 Å². The van der Waals surface area contributed by atoms with Gasteiger partial charge in [-0.2, -0.15) is 11.3 Å². The van der Waals surface area contributed by atoms with Crippen LogP contribution in [0.5, 0.6) is 0 Å². The van der Waals surface area contributed by atoms with Crippen molar-refractivity contribution in [3.05, 3.63) is 55.6 Å². The Morgan fingerprint density at radius 2 is 2.04 bits per heavy atom. The van der Waals surface area contributed by atoms with Crippen molar-refractivity contribution in [3.8, 4) is 10.6 Å². The molecule has 0 aliphatic heterocycles. The molecule has 5 nitrogen and oxygen atoms in total. The first kappa shape index (κ1) is 19.7. The second-order valence-corrected chi connectivity index (χ2v) is 8.81. The zero-order valence-electron chi connectivity index (χ0n) is 15.1. The van der Waals surface area contributed by atoms with Crippen LogP contribution in [0.4, 0.5) is 5.69 Å². The molecule has 3 rings (SSSR count). The number of nitrogens with zero attached hydrogens (tertiary/aromatic N) is 2. The second kappa shape index (κ2) is 8.33. The summed E-state index contributed by atoms with van der Waals surface area (Å²) in [7, 11) is 1.62. The van der Waals surface area contributed by atoms with Gasteiger partial charge in [-0.05, 0) is 49.1 Å². The third-order valence-corrected chi connectivity index (χ3v) is 6.32. The van der Waals surface area contributed by atoms with Crippen LogP contribution in [-0.2, 0) is 4.79 Å². The lowest BCUT2D eigenvalue weighted by Crippen LogP contribution is -2.35. The molecule has 0 bridgehead atoms. The maximum atomic E-state index is 12.8. The number of hydrogen-bond donors (Lipinski definition) is 1. The van der Waals surface area contributed by atoms with Crippen LogP contribution in [0.2, 0.25) is 0 Å². The minimum atomic E-state index is -0.239. The van der Waals surface area contributed by atoms with Crippen LogP contribution in [0.25, 0.3) is 10.6 Å². The summed E-state index contributed by atoms with van der Waals surface area (Å²) < 4.78 is 0.951. The van der Waals surface area contributed by atoms with Gasteiger partial charge in [0.05, 0.1) is 12.2 Å². The average molecular weight is 464 g/mol. The molecule has 0 spiro atoms. The smallest absolute Gasteiger partial charge is 0.266 e. The zero-order valence-corrected chi connectivity index (χ0v) is 18.3. The summed E-state index contributed by atoms with van der Waals surface area (Å²) in [5, 5.41) is 7.66. The van der Waals surface area contributed by atoms with E-state index in [-0.39, 0.29) is 18.4 Å². The van der Waals surface area contributed by atoms with E-state index in [2.05, 4.69) is 26.2 Å². The van der Waals surface area contributed by atoms with Crippen molar-refractivity contribution in [2.24, 2.45) is 0 Å². The van der Waals surface area contributed by atoms with Crippen LogP contribution in [0, 0.1) is 13.8 Å². The third-order valence-electron chi connectivity index (χ3n) is 3.95. The van der Waals surface area contributed by atoms with Gasteiger partial charge in [0.1, 0.15) is 9.88 Å². The van der Waals surface area contributed by atoms with E-state index in [0.29, 0.717) is 10.6 Å². The monoisotopic (exact) mass is 463 g/mol. The maximum absolute atomic E-state index is 12.8. The van der Waals surface area contributed by atoms with E-state index in [0.717, 1.165) is 26.3 Å². The molecule has 140 valence electrons. The molecular formula is C19H18BrN3O2S2. The summed E-state index contributed by atoms with van der Waals surface area (Å²) in [6.45, 7) is 3.71. The van der Waals surface area contributed by atoms with Gasteiger partial charge < -0.3 is 10.2 Å². The van der Waals surface area contributed by atoms with Crippen molar-refractivity contribution < 1.29 is 9.59 Å². The lowest BCUT2D eigenvalue weighted by atomic mass is 10.2. The lowest BCUT2D eigenvalue weighted by molar-refractivity contribution is -0.116. The molecule has 0 saturated heterocycles. The van der Waals surface area contributed by atoms with Crippen molar-refractivity contribution in [2.75, 3.05) is 18.9 Å². The Labute approximate surface area is 174 Å². The highest BCUT2D eigenvalue weighted by atomic mass is 79.9. The standard InChI is InChI=1S/C19H18BrN3O2S2/c1-11-8-14(20)4-5-15(11)22-16(24)9-23(3)19(25)17-12(2)21-18(27-17)13-6-7-26-10-13/h4-8,10H,9H2,1-3H3,(H,22,24). The summed E-state index contributed by atoms with van der Waals surface area (Å²) in [5.74, 6) is -0.439. The van der Waals surface area contributed by atoms with E-state index < -0.39 is 0 Å². The molecule has 0 aliphatic rings. The number of thiophene rings is 1. The molecule has 0 saturated carbocycles. The topological polar surface area (TPSA) is 62.3 Å².